The third kappa shape index (κ3) is 3.90. The van der Waals surface area contributed by atoms with Crippen LogP contribution in [0.1, 0.15) is 43.4 Å². The standard InChI is InChI=1S/C24H23FN4O2S/c1-2-31-17-12-10-15(11-13-17)22-21-19(8-5-9-20(21)30)26-23-27-24(28-29(22)23)32-14-16-6-3-4-7-18(16)25/h3-4,6-7,10-13,22H,2,5,8-9,14H2,1H3,(H,26,27,28). The number of nitrogens with one attached hydrogen (secondary N) is 1. The summed E-state index contributed by atoms with van der Waals surface area (Å²) in [5.74, 6) is 1.72. The average molecular weight is 451 g/mol. The van der Waals surface area contributed by atoms with E-state index in [2.05, 4.69) is 10.3 Å². The molecular formula is C24H23FN4O2S. The van der Waals surface area contributed by atoms with Gasteiger partial charge in [-0.25, -0.2) is 9.07 Å². The third-order valence-corrected chi connectivity index (χ3v) is 6.56. The van der Waals surface area contributed by atoms with E-state index in [0.717, 1.165) is 35.4 Å². The van der Waals surface area contributed by atoms with Crippen molar-refractivity contribution in [1.29, 1.82) is 0 Å². The summed E-state index contributed by atoms with van der Waals surface area (Å²) in [5.41, 5.74) is 3.23. The van der Waals surface area contributed by atoms with Crippen LogP contribution < -0.4 is 10.1 Å². The summed E-state index contributed by atoms with van der Waals surface area (Å²) in [6, 6.07) is 14.1. The molecule has 0 saturated carbocycles. The highest BCUT2D eigenvalue weighted by Crippen LogP contribution is 2.41. The molecule has 1 aliphatic carbocycles. The lowest BCUT2D eigenvalue weighted by atomic mass is 9.85. The van der Waals surface area contributed by atoms with Crippen LogP contribution in [0.2, 0.25) is 0 Å². The minimum atomic E-state index is -0.347. The zero-order chi connectivity index (χ0) is 22.1. The number of nitrogens with zero attached hydrogens (tertiary/aromatic N) is 3. The van der Waals surface area contributed by atoms with Crippen molar-refractivity contribution in [3.8, 4) is 5.75 Å². The first-order chi connectivity index (χ1) is 15.6. The molecule has 1 unspecified atom stereocenters. The molecule has 5 rings (SSSR count). The number of Topliss-reactive ketones (excluding diaryl/α,β-unsaturated/α-hetero) is 1. The Morgan fingerprint density at radius 2 is 2.00 bits per heavy atom. The van der Waals surface area contributed by atoms with Gasteiger partial charge in [-0.3, -0.25) is 4.79 Å². The molecular weight excluding hydrogens is 427 g/mol. The molecule has 0 saturated heterocycles. The lowest BCUT2D eigenvalue weighted by Crippen LogP contribution is -2.31. The van der Waals surface area contributed by atoms with Gasteiger partial charge in [-0.1, -0.05) is 42.1 Å². The van der Waals surface area contributed by atoms with Crippen molar-refractivity contribution in [2.45, 2.75) is 43.1 Å². The van der Waals surface area contributed by atoms with Crippen LogP contribution in [0.5, 0.6) is 5.75 Å². The fourth-order valence-electron chi connectivity index (χ4n) is 4.18. The average Bonchev–Trinajstić information content (AvgIpc) is 3.21. The van der Waals surface area contributed by atoms with Gasteiger partial charge in [0.05, 0.1) is 6.61 Å². The highest BCUT2D eigenvalue weighted by molar-refractivity contribution is 7.98. The van der Waals surface area contributed by atoms with E-state index in [1.807, 2.05) is 37.3 Å². The number of hydrogen-bond acceptors (Lipinski definition) is 6. The molecule has 2 heterocycles. The van der Waals surface area contributed by atoms with Gasteiger partial charge in [0, 0.05) is 23.4 Å². The number of aromatic nitrogens is 3. The highest BCUT2D eigenvalue weighted by atomic mass is 32.2. The first-order valence-electron chi connectivity index (χ1n) is 10.7. The van der Waals surface area contributed by atoms with Gasteiger partial charge < -0.3 is 10.1 Å². The van der Waals surface area contributed by atoms with Gasteiger partial charge >= 0.3 is 0 Å². The Hall–Kier alpha value is -3.13. The molecule has 2 aliphatic rings. The summed E-state index contributed by atoms with van der Waals surface area (Å²) < 4.78 is 21.4. The maximum Gasteiger partial charge on any atom is 0.227 e. The van der Waals surface area contributed by atoms with Crippen LogP contribution in [0.25, 0.3) is 0 Å². The Morgan fingerprint density at radius 1 is 1.19 bits per heavy atom. The largest absolute Gasteiger partial charge is 0.494 e. The normalized spacial score (nSPS) is 17.6. The number of ketones is 1. The van der Waals surface area contributed by atoms with Crippen molar-refractivity contribution < 1.29 is 13.9 Å². The maximum absolute atomic E-state index is 14.0. The highest BCUT2D eigenvalue weighted by Gasteiger charge is 2.36. The van der Waals surface area contributed by atoms with Crippen LogP contribution in [0, 0.1) is 5.82 Å². The van der Waals surface area contributed by atoms with Crippen molar-refractivity contribution in [1.82, 2.24) is 14.8 Å². The Balaban J connectivity index is 1.49. The molecule has 1 aromatic heterocycles. The topological polar surface area (TPSA) is 69.0 Å². The van der Waals surface area contributed by atoms with Gasteiger partial charge in [0.25, 0.3) is 0 Å². The summed E-state index contributed by atoms with van der Waals surface area (Å²) in [4.78, 5) is 17.6. The minimum Gasteiger partial charge on any atom is -0.494 e. The molecule has 0 spiro atoms. The van der Waals surface area contributed by atoms with Gasteiger partial charge in [0.1, 0.15) is 17.6 Å². The van der Waals surface area contributed by atoms with Crippen LogP contribution in [0.3, 0.4) is 0 Å². The Bertz CT molecular complexity index is 1190. The fraction of sp³-hybridized carbons (Fsp3) is 0.292. The van der Waals surface area contributed by atoms with Gasteiger partial charge in [-0.05, 0) is 49.1 Å². The number of anilines is 1. The number of hydrogen-bond donors (Lipinski definition) is 1. The number of fused-ring (bicyclic) bond motifs is 1. The molecule has 1 aliphatic heterocycles. The third-order valence-electron chi connectivity index (χ3n) is 5.67. The van der Waals surface area contributed by atoms with Gasteiger partial charge in [-0.2, -0.15) is 4.98 Å². The number of carbonyl (C=O) groups is 1. The van der Waals surface area contributed by atoms with Crippen LogP contribution in [-0.2, 0) is 10.5 Å². The second-order valence-corrected chi connectivity index (χ2v) is 8.68. The molecule has 6 nitrogen and oxygen atoms in total. The number of halogens is 1. The van der Waals surface area contributed by atoms with E-state index in [4.69, 9.17) is 9.84 Å². The monoisotopic (exact) mass is 450 g/mol. The number of rotatable bonds is 6. The predicted molar refractivity (Wildman–Crippen MR) is 121 cm³/mol. The van der Waals surface area contributed by atoms with Gasteiger partial charge in [-0.15, -0.1) is 5.10 Å². The molecule has 1 atom stereocenters. The second-order valence-electron chi connectivity index (χ2n) is 7.74. The fourth-order valence-corrected chi connectivity index (χ4v) is 4.99. The van der Waals surface area contributed by atoms with Crippen molar-refractivity contribution in [3.05, 3.63) is 76.7 Å². The first kappa shape index (κ1) is 20.8. The molecule has 2 aromatic carbocycles. The quantitative estimate of drug-likeness (QED) is 0.525. The van der Waals surface area contributed by atoms with E-state index in [0.29, 0.717) is 35.4 Å². The molecule has 0 amide bonds. The molecule has 32 heavy (non-hydrogen) atoms. The molecule has 0 fully saturated rings. The summed E-state index contributed by atoms with van der Waals surface area (Å²) in [5, 5.41) is 8.57. The number of benzene rings is 2. The lowest BCUT2D eigenvalue weighted by Gasteiger charge is -2.32. The Morgan fingerprint density at radius 3 is 2.78 bits per heavy atom. The van der Waals surface area contributed by atoms with Crippen LogP contribution in [0.4, 0.5) is 10.3 Å². The summed E-state index contributed by atoms with van der Waals surface area (Å²) in [6.07, 6.45) is 2.16. The summed E-state index contributed by atoms with van der Waals surface area (Å²) in [6.45, 7) is 2.54. The van der Waals surface area contributed by atoms with E-state index >= 15 is 0 Å². The molecule has 3 aromatic rings. The number of allylic oxidation sites excluding steroid dienone is 2. The number of thioether (sulfide) groups is 1. The van der Waals surface area contributed by atoms with Crippen LogP contribution in [-0.4, -0.2) is 27.2 Å². The van der Waals surface area contributed by atoms with Gasteiger partial charge in [0.15, 0.2) is 5.78 Å². The van der Waals surface area contributed by atoms with Crippen LogP contribution in [0.15, 0.2) is 65.0 Å². The summed E-state index contributed by atoms with van der Waals surface area (Å²) >= 11 is 1.38. The van der Waals surface area contributed by atoms with Crippen molar-refractivity contribution >= 4 is 23.5 Å². The molecule has 1 N–H and O–H groups in total. The summed E-state index contributed by atoms with van der Waals surface area (Å²) in [7, 11) is 0. The zero-order valence-corrected chi connectivity index (χ0v) is 18.5. The lowest BCUT2D eigenvalue weighted by molar-refractivity contribution is -0.116. The van der Waals surface area contributed by atoms with Crippen molar-refractivity contribution in [2.75, 3.05) is 11.9 Å². The van der Waals surface area contributed by atoms with Crippen molar-refractivity contribution in [3.63, 3.8) is 0 Å². The first-order valence-corrected chi connectivity index (χ1v) is 11.7. The SMILES string of the molecule is CCOc1ccc(C2C3=C(CCCC3=O)Nc3nc(SCc4ccccc4F)nn32)cc1. The Kier molecular flexibility index (Phi) is 5.70. The molecule has 164 valence electrons. The van der Waals surface area contributed by atoms with E-state index < -0.39 is 0 Å². The second kappa shape index (κ2) is 8.78. The van der Waals surface area contributed by atoms with Crippen LogP contribution >= 0.6 is 11.8 Å². The van der Waals surface area contributed by atoms with E-state index in [9.17, 15) is 9.18 Å². The van der Waals surface area contributed by atoms with E-state index in [1.165, 1.54) is 17.8 Å². The van der Waals surface area contributed by atoms with Gasteiger partial charge in [0.2, 0.25) is 11.1 Å². The maximum atomic E-state index is 14.0. The minimum absolute atomic E-state index is 0.138. The number of carbonyl (C=O) groups excluding carboxylic acids is 1. The molecule has 0 bridgehead atoms. The zero-order valence-electron chi connectivity index (χ0n) is 17.7. The molecule has 0 radical (unpaired) electrons. The predicted octanol–water partition coefficient (Wildman–Crippen LogP) is 5.13. The van der Waals surface area contributed by atoms with Crippen molar-refractivity contribution in [2.24, 2.45) is 0 Å². The Labute approximate surface area is 189 Å². The van der Waals surface area contributed by atoms with E-state index in [-0.39, 0.29) is 17.6 Å². The smallest absolute Gasteiger partial charge is 0.227 e. The van der Waals surface area contributed by atoms with E-state index in [1.54, 1.807) is 16.8 Å². The molecule has 8 heteroatoms. The number of ether oxygens (including phenoxy) is 1.